The molecule has 22 heavy (non-hydrogen) atoms. The molecule has 0 atom stereocenters. The van der Waals surface area contributed by atoms with Crippen molar-refractivity contribution in [3.8, 4) is 0 Å². The fourth-order valence-electron chi connectivity index (χ4n) is 1.63. The summed E-state index contributed by atoms with van der Waals surface area (Å²) in [6.07, 6.45) is 3.12. The van der Waals surface area contributed by atoms with Crippen molar-refractivity contribution in [2.75, 3.05) is 0 Å². The van der Waals surface area contributed by atoms with Gasteiger partial charge in [0.15, 0.2) is 0 Å². The molecule has 0 aromatic heterocycles. The number of benzene rings is 1. The predicted octanol–water partition coefficient (Wildman–Crippen LogP) is 5.14. The summed E-state index contributed by atoms with van der Waals surface area (Å²) in [5.41, 5.74) is 3.96. The number of halogens is 4. The van der Waals surface area contributed by atoms with Gasteiger partial charge >= 0.3 is 0 Å². The van der Waals surface area contributed by atoms with Gasteiger partial charge in [-0.1, -0.05) is 51.3 Å². The highest BCUT2D eigenvalue weighted by Crippen LogP contribution is 2.17. The third kappa shape index (κ3) is 7.31. The van der Waals surface area contributed by atoms with E-state index in [1.165, 1.54) is 11.2 Å². The van der Waals surface area contributed by atoms with Crippen LogP contribution >= 0.6 is 39.1 Å². The van der Waals surface area contributed by atoms with Gasteiger partial charge in [-0.15, -0.1) is 0 Å². The van der Waals surface area contributed by atoms with Crippen molar-refractivity contribution in [1.82, 2.24) is 10.5 Å². The zero-order chi connectivity index (χ0) is 16.7. The molecule has 0 saturated carbocycles. The highest BCUT2D eigenvalue weighted by Gasteiger charge is 2.08. The van der Waals surface area contributed by atoms with Crippen LogP contribution in [0, 0.1) is 0 Å². The normalized spacial score (nSPS) is 13.8. The van der Waals surface area contributed by atoms with Crippen LogP contribution in [0.4, 0.5) is 4.39 Å². The number of nitrogens with one attached hydrogen (secondary N) is 1. The molecule has 0 radical (unpaired) electrons. The quantitative estimate of drug-likeness (QED) is 0.388. The van der Waals surface area contributed by atoms with E-state index >= 15 is 0 Å². The molecule has 1 rings (SSSR count). The Morgan fingerprint density at radius 3 is 2.45 bits per heavy atom. The molecule has 0 bridgehead atoms. The van der Waals surface area contributed by atoms with Crippen LogP contribution in [0.25, 0.3) is 0 Å². The lowest BCUT2D eigenvalue weighted by molar-refractivity contribution is 0.305. The second kappa shape index (κ2) is 9.20. The summed E-state index contributed by atoms with van der Waals surface area (Å²) in [6.45, 7) is 3.41. The van der Waals surface area contributed by atoms with Gasteiger partial charge in [0.1, 0.15) is 5.83 Å². The van der Waals surface area contributed by atoms with E-state index in [1.807, 2.05) is 19.1 Å². The maximum Gasteiger partial charge on any atom is 0.145 e. The number of hydrazine groups is 2. The van der Waals surface area contributed by atoms with Crippen LogP contribution in [0.2, 0.25) is 5.02 Å². The first kappa shape index (κ1) is 19.0. The maximum absolute atomic E-state index is 14.3. The third-order valence-corrected chi connectivity index (χ3v) is 3.05. The molecule has 0 amide bonds. The molecule has 0 spiro atoms. The second-order valence-corrected chi connectivity index (χ2v) is 6.88. The zero-order valence-corrected chi connectivity index (χ0v) is 15.3. The van der Waals surface area contributed by atoms with Gasteiger partial charge < -0.3 is 0 Å². The Balaban J connectivity index is 3.03. The van der Waals surface area contributed by atoms with Crippen molar-refractivity contribution in [2.24, 2.45) is 5.84 Å². The lowest BCUT2D eigenvalue weighted by Crippen LogP contribution is -2.39. The standard InChI is InChI=1S/C15H17BrCl2FN3/c1-10(16)9-22(20)21-15(14(19)7-11(2)17)8-12-3-5-13(18)6-4-12/h3-7,9,21H,8,20H2,1-2H3/b10-9+,11-7+,15-14+. The van der Waals surface area contributed by atoms with Gasteiger partial charge in [0.25, 0.3) is 0 Å². The van der Waals surface area contributed by atoms with Crippen molar-refractivity contribution in [2.45, 2.75) is 20.3 Å². The highest BCUT2D eigenvalue weighted by atomic mass is 79.9. The molecule has 0 aliphatic carbocycles. The van der Waals surface area contributed by atoms with E-state index in [0.29, 0.717) is 16.5 Å². The van der Waals surface area contributed by atoms with E-state index in [0.717, 1.165) is 10.0 Å². The molecular formula is C15H17BrCl2FN3. The van der Waals surface area contributed by atoms with Gasteiger partial charge in [-0.3, -0.25) is 5.43 Å². The van der Waals surface area contributed by atoms with E-state index in [4.69, 9.17) is 29.0 Å². The fraction of sp³-hybridized carbons (Fsp3) is 0.200. The molecule has 120 valence electrons. The molecule has 0 unspecified atom stereocenters. The average Bonchev–Trinajstić information content (AvgIpc) is 2.38. The number of nitrogens with two attached hydrogens (primary N) is 1. The van der Waals surface area contributed by atoms with Crippen LogP contribution in [0.1, 0.15) is 19.4 Å². The Hall–Kier alpha value is -1.01. The first-order valence-corrected chi connectivity index (χ1v) is 7.94. The third-order valence-electron chi connectivity index (χ3n) is 2.49. The summed E-state index contributed by atoms with van der Waals surface area (Å²) in [5, 5.41) is 2.13. The van der Waals surface area contributed by atoms with Crippen molar-refractivity contribution in [3.63, 3.8) is 0 Å². The molecule has 0 saturated heterocycles. The van der Waals surface area contributed by atoms with E-state index in [1.54, 1.807) is 25.3 Å². The van der Waals surface area contributed by atoms with Crippen molar-refractivity contribution in [1.29, 1.82) is 0 Å². The summed E-state index contributed by atoms with van der Waals surface area (Å²) in [7, 11) is 0. The SMILES string of the molecule is C/C(Cl)=C\C(F)=C(\Cc1ccc(Cl)cc1)NN(N)/C=C(\C)Br. The number of nitrogens with zero attached hydrogens (tertiary/aromatic N) is 1. The topological polar surface area (TPSA) is 41.3 Å². The molecule has 1 aromatic carbocycles. The molecular weight excluding hydrogens is 392 g/mol. The maximum atomic E-state index is 14.3. The van der Waals surface area contributed by atoms with Gasteiger partial charge in [-0.25, -0.2) is 15.4 Å². The molecule has 0 fully saturated rings. The van der Waals surface area contributed by atoms with Gasteiger partial charge in [0.05, 0.1) is 5.70 Å². The van der Waals surface area contributed by atoms with Crippen molar-refractivity contribution in [3.05, 3.63) is 68.2 Å². The van der Waals surface area contributed by atoms with E-state index in [-0.39, 0.29) is 5.70 Å². The molecule has 3 N–H and O–H groups in total. The average molecular weight is 409 g/mol. The molecule has 0 heterocycles. The first-order chi connectivity index (χ1) is 10.3. The van der Waals surface area contributed by atoms with Crippen molar-refractivity contribution >= 4 is 39.1 Å². The van der Waals surface area contributed by atoms with E-state index in [9.17, 15) is 4.39 Å². The Bertz CT molecular complexity index is 589. The molecule has 0 aliphatic rings. The van der Waals surface area contributed by atoms with Gasteiger partial charge in [0.2, 0.25) is 0 Å². The van der Waals surface area contributed by atoms with E-state index < -0.39 is 5.83 Å². The number of hydrogen-bond acceptors (Lipinski definition) is 3. The zero-order valence-electron chi connectivity index (χ0n) is 12.2. The van der Waals surface area contributed by atoms with Crippen LogP contribution in [-0.4, -0.2) is 5.12 Å². The minimum absolute atomic E-state index is 0.287. The van der Waals surface area contributed by atoms with Crippen molar-refractivity contribution < 1.29 is 4.39 Å². The summed E-state index contributed by atoms with van der Waals surface area (Å²) in [4.78, 5) is 0. The van der Waals surface area contributed by atoms with Crippen LogP contribution in [0.15, 0.2) is 57.6 Å². The summed E-state index contributed by atoms with van der Waals surface area (Å²) in [6, 6.07) is 7.14. The Labute approximate surface area is 148 Å². The summed E-state index contributed by atoms with van der Waals surface area (Å²) < 4.78 is 15.1. The first-order valence-electron chi connectivity index (χ1n) is 6.39. The molecule has 3 nitrogen and oxygen atoms in total. The number of rotatable bonds is 6. The monoisotopic (exact) mass is 407 g/mol. The highest BCUT2D eigenvalue weighted by molar-refractivity contribution is 9.11. The Morgan fingerprint density at radius 1 is 1.36 bits per heavy atom. The van der Waals surface area contributed by atoms with E-state index in [2.05, 4.69) is 21.4 Å². The Morgan fingerprint density at radius 2 is 1.95 bits per heavy atom. The summed E-state index contributed by atoms with van der Waals surface area (Å²) in [5.74, 6) is 5.27. The fourth-order valence-corrected chi connectivity index (χ4v) is 2.07. The second-order valence-electron chi connectivity index (χ2n) is 4.60. The van der Waals surface area contributed by atoms with Gasteiger partial charge in [-0.05, 0) is 37.6 Å². The van der Waals surface area contributed by atoms with Crippen LogP contribution < -0.4 is 11.3 Å². The molecule has 7 heteroatoms. The minimum atomic E-state index is -0.487. The van der Waals surface area contributed by atoms with Crippen LogP contribution in [0.5, 0.6) is 0 Å². The predicted molar refractivity (Wildman–Crippen MR) is 94.7 cm³/mol. The minimum Gasteiger partial charge on any atom is -0.286 e. The smallest absolute Gasteiger partial charge is 0.145 e. The molecule has 1 aromatic rings. The van der Waals surface area contributed by atoms with Crippen LogP contribution in [0.3, 0.4) is 0 Å². The number of hydrogen-bond donors (Lipinski definition) is 2. The lowest BCUT2D eigenvalue weighted by atomic mass is 10.1. The molecule has 0 aliphatic heterocycles. The largest absolute Gasteiger partial charge is 0.286 e. The summed E-state index contributed by atoms with van der Waals surface area (Å²) >= 11 is 14.8. The van der Waals surface area contributed by atoms with Crippen LogP contribution in [-0.2, 0) is 6.42 Å². The Kier molecular flexibility index (Phi) is 7.96. The van der Waals surface area contributed by atoms with Gasteiger partial charge in [-0.2, -0.15) is 0 Å². The number of allylic oxidation sites excluding steroid dienone is 5. The lowest BCUT2D eigenvalue weighted by Gasteiger charge is -2.20. The van der Waals surface area contributed by atoms with Gasteiger partial charge in [0, 0.05) is 27.2 Å².